The Kier molecular flexibility index (Phi) is 16.6. The quantitative estimate of drug-likeness (QED) is 0.228. The number of hydrogen-bond donors (Lipinski definition) is 3. The van der Waals surface area contributed by atoms with E-state index in [9.17, 15) is 14.4 Å². The molecule has 10 heteroatoms. The van der Waals surface area contributed by atoms with Crippen molar-refractivity contribution in [2.45, 2.75) is 101 Å². The van der Waals surface area contributed by atoms with Gasteiger partial charge in [0.1, 0.15) is 17.3 Å². The van der Waals surface area contributed by atoms with Crippen LogP contribution in [-0.4, -0.2) is 55.1 Å². The summed E-state index contributed by atoms with van der Waals surface area (Å²) < 4.78 is 0. The van der Waals surface area contributed by atoms with Gasteiger partial charge in [0.15, 0.2) is 0 Å². The molecule has 3 saturated heterocycles. The Hall–Kier alpha value is -2.80. The number of Topliss-reactive ketones (excluding diaryl/α,β-unsaturated/α-hetero) is 3. The summed E-state index contributed by atoms with van der Waals surface area (Å²) in [5.41, 5.74) is 12.7. The third kappa shape index (κ3) is 12.6. The smallest absolute Gasteiger partial charge is 0.144 e. The number of hydrazine groups is 3. The molecule has 306 valence electrons. The molecule has 0 spiro atoms. The molecule has 0 bridgehead atoms. The Morgan fingerprint density at radius 1 is 0.436 bits per heavy atom. The van der Waals surface area contributed by atoms with Gasteiger partial charge >= 0.3 is 0 Å². The molecular weight excluding hydrogens is 840 g/mol. The van der Waals surface area contributed by atoms with Crippen LogP contribution in [0.2, 0.25) is 0 Å². The summed E-state index contributed by atoms with van der Waals surface area (Å²) in [5.74, 6) is 1.18. The standard InChI is InChI=1S/3C15H22N2O.Er/c3*1-11-13(14(18)15(2,3)4)10-17(16-11)12-8-6-5-7-9-12;/h3*5-9,11,13,16H,10H2,1-4H3;. The zero-order valence-electron chi connectivity index (χ0n) is 35.1. The SMILES string of the molecule is CC1NN(c2ccccc2)CC1C(=O)C(C)(C)C.CC1NN(c2ccccc2)CC1C(=O)C(C)(C)C.CC1NN(c2ccccc2)CC1C(=O)C(C)(C)C.[Er]. The van der Waals surface area contributed by atoms with Crippen LogP contribution in [0.5, 0.6) is 0 Å². The molecule has 0 saturated carbocycles. The molecule has 3 aromatic rings. The Balaban J connectivity index is 0.000000220. The van der Waals surface area contributed by atoms with Crippen LogP contribution in [0.25, 0.3) is 0 Å². The van der Waals surface area contributed by atoms with E-state index in [-0.39, 0.29) is 89.4 Å². The van der Waals surface area contributed by atoms with Crippen LogP contribution in [0.4, 0.5) is 17.1 Å². The zero-order valence-corrected chi connectivity index (χ0v) is 37.0. The fourth-order valence-electron chi connectivity index (χ4n) is 7.19. The first-order valence-corrected chi connectivity index (χ1v) is 19.6. The number of benzene rings is 3. The molecule has 0 aliphatic carbocycles. The summed E-state index contributed by atoms with van der Waals surface area (Å²) in [6, 6.07) is 31.0. The molecule has 3 aliphatic rings. The normalized spacial score (nSPS) is 23.9. The fourth-order valence-corrected chi connectivity index (χ4v) is 7.19. The molecule has 3 fully saturated rings. The van der Waals surface area contributed by atoms with Crippen molar-refractivity contribution in [1.82, 2.24) is 16.3 Å². The first kappa shape index (κ1) is 46.6. The van der Waals surface area contributed by atoms with Crippen molar-refractivity contribution < 1.29 is 51.7 Å². The topological polar surface area (TPSA) is 97.0 Å². The van der Waals surface area contributed by atoms with Crippen LogP contribution in [0.15, 0.2) is 91.0 Å². The molecule has 0 radical (unpaired) electrons. The Morgan fingerprint density at radius 2 is 0.636 bits per heavy atom. The monoisotopic (exact) mass is 904 g/mol. The molecule has 3 aromatic carbocycles. The Bertz CT molecular complexity index is 1470. The van der Waals surface area contributed by atoms with Gasteiger partial charge in [-0.25, -0.2) is 16.3 Å². The molecule has 55 heavy (non-hydrogen) atoms. The number of carbonyl (C=O) groups is 3. The summed E-state index contributed by atoms with van der Waals surface area (Å²) in [5, 5.41) is 6.25. The maximum atomic E-state index is 12.4. The van der Waals surface area contributed by atoms with Crippen LogP contribution in [-0.2, 0) is 14.4 Å². The molecule has 3 aliphatic heterocycles. The summed E-state index contributed by atoms with van der Waals surface area (Å²) in [7, 11) is 0. The van der Waals surface area contributed by atoms with E-state index >= 15 is 0 Å². The van der Waals surface area contributed by atoms with Crippen LogP contribution in [0.1, 0.15) is 83.1 Å². The second-order valence-electron chi connectivity index (χ2n) is 18.3. The first-order valence-electron chi connectivity index (χ1n) is 19.6. The Labute approximate surface area is 360 Å². The van der Waals surface area contributed by atoms with Gasteiger partial charge in [0.25, 0.3) is 0 Å². The van der Waals surface area contributed by atoms with E-state index in [1.54, 1.807) is 0 Å². The molecule has 0 aromatic heterocycles. The minimum atomic E-state index is -0.271. The van der Waals surface area contributed by atoms with Gasteiger partial charge in [-0.2, -0.15) is 0 Å². The third-order valence-electron chi connectivity index (χ3n) is 10.5. The van der Waals surface area contributed by atoms with Crippen molar-refractivity contribution in [3.8, 4) is 0 Å². The maximum Gasteiger partial charge on any atom is 0.144 e. The van der Waals surface area contributed by atoms with Gasteiger partial charge in [-0.05, 0) is 57.2 Å². The molecule has 0 amide bonds. The molecule has 6 unspecified atom stereocenters. The fraction of sp³-hybridized carbons (Fsp3) is 0.533. The van der Waals surface area contributed by atoms with E-state index in [0.717, 1.165) is 36.7 Å². The number of carbonyl (C=O) groups excluding carboxylic acids is 3. The zero-order chi connectivity index (χ0) is 40.0. The maximum absolute atomic E-state index is 12.4. The van der Waals surface area contributed by atoms with Gasteiger partial charge < -0.3 is 15.0 Å². The van der Waals surface area contributed by atoms with Gasteiger partial charge in [0.05, 0.1) is 34.8 Å². The molecule has 6 rings (SSSR count). The summed E-state index contributed by atoms with van der Waals surface area (Å²) in [6.07, 6.45) is 0. The second-order valence-corrected chi connectivity index (χ2v) is 18.3. The number of hydrogen-bond acceptors (Lipinski definition) is 9. The average molecular weight is 906 g/mol. The van der Waals surface area contributed by atoms with E-state index in [1.807, 2.05) is 117 Å². The number of nitrogens with zero attached hydrogens (tertiary/aromatic N) is 3. The number of rotatable bonds is 6. The van der Waals surface area contributed by atoms with Crippen molar-refractivity contribution in [3.63, 3.8) is 0 Å². The van der Waals surface area contributed by atoms with Crippen molar-refractivity contribution >= 4 is 34.4 Å². The molecular formula is C45H66ErN6O3. The predicted octanol–water partition coefficient (Wildman–Crippen LogP) is 7.89. The van der Waals surface area contributed by atoms with E-state index in [0.29, 0.717) is 17.3 Å². The van der Waals surface area contributed by atoms with Gasteiger partial charge in [-0.15, -0.1) is 0 Å². The van der Waals surface area contributed by atoms with Gasteiger partial charge in [-0.3, -0.25) is 14.4 Å². The first-order chi connectivity index (χ1) is 25.2. The van der Waals surface area contributed by atoms with Crippen LogP contribution < -0.4 is 31.3 Å². The van der Waals surface area contributed by atoms with Crippen LogP contribution >= 0.6 is 0 Å². The van der Waals surface area contributed by atoms with Crippen LogP contribution in [0.3, 0.4) is 0 Å². The molecule has 6 atom stereocenters. The summed E-state index contributed by atoms with van der Waals surface area (Å²) in [4.78, 5) is 37.2. The minimum Gasteiger partial charge on any atom is -0.307 e. The largest absolute Gasteiger partial charge is 0.307 e. The van der Waals surface area contributed by atoms with Crippen LogP contribution in [0, 0.1) is 71.3 Å². The average Bonchev–Trinajstić information content (AvgIpc) is 3.83. The van der Waals surface area contributed by atoms with E-state index in [4.69, 9.17) is 0 Å². The number of anilines is 3. The van der Waals surface area contributed by atoms with Gasteiger partial charge in [0, 0.05) is 91.3 Å². The minimum absolute atomic E-state index is 0. The molecule has 3 N–H and O–H groups in total. The Morgan fingerprint density at radius 3 is 0.818 bits per heavy atom. The van der Waals surface area contributed by atoms with E-state index < -0.39 is 0 Å². The van der Waals surface area contributed by atoms with Crippen molar-refractivity contribution in [2.24, 2.45) is 34.0 Å². The van der Waals surface area contributed by atoms with Crippen molar-refractivity contribution in [3.05, 3.63) is 91.0 Å². The summed E-state index contributed by atoms with van der Waals surface area (Å²) in [6.45, 7) is 26.4. The van der Waals surface area contributed by atoms with E-state index in [1.165, 1.54) is 0 Å². The summed E-state index contributed by atoms with van der Waals surface area (Å²) >= 11 is 0. The molecule has 9 nitrogen and oxygen atoms in total. The molecule has 3 heterocycles. The third-order valence-corrected chi connectivity index (χ3v) is 10.5. The number of nitrogens with one attached hydrogen (secondary N) is 3. The predicted molar refractivity (Wildman–Crippen MR) is 223 cm³/mol. The van der Waals surface area contributed by atoms with Crippen molar-refractivity contribution in [1.29, 1.82) is 0 Å². The van der Waals surface area contributed by atoms with E-state index in [2.05, 4.69) is 88.5 Å². The second kappa shape index (κ2) is 19.6. The number of para-hydroxylation sites is 3. The number of ketones is 3. The van der Waals surface area contributed by atoms with Gasteiger partial charge in [-0.1, -0.05) is 117 Å². The van der Waals surface area contributed by atoms with Crippen molar-refractivity contribution in [2.75, 3.05) is 34.7 Å². The van der Waals surface area contributed by atoms with Gasteiger partial charge in [0.2, 0.25) is 0 Å².